The molecule has 0 atom stereocenters. The first-order chi connectivity index (χ1) is 6.99. The van der Waals surface area contributed by atoms with Crippen LogP contribution < -0.4 is 0 Å². The number of sulfone groups is 1. The van der Waals surface area contributed by atoms with Crippen molar-refractivity contribution < 1.29 is 13.2 Å². The van der Waals surface area contributed by atoms with Gasteiger partial charge in [0.25, 0.3) is 0 Å². The molecule has 0 bridgehead atoms. The van der Waals surface area contributed by atoms with E-state index in [9.17, 15) is 13.2 Å². The summed E-state index contributed by atoms with van der Waals surface area (Å²) >= 11 is 0. The third-order valence-electron chi connectivity index (χ3n) is 2.69. The minimum atomic E-state index is -2.76. The van der Waals surface area contributed by atoms with E-state index < -0.39 is 9.84 Å². The van der Waals surface area contributed by atoms with Gasteiger partial charge in [0.1, 0.15) is 5.78 Å². The van der Waals surface area contributed by atoms with E-state index in [1.54, 1.807) is 6.92 Å². The highest BCUT2D eigenvalue weighted by molar-refractivity contribution is 7.91. The Kier molecular flexibility index (Phi) is 4.73. The number of unbranched alkanes of at least 4 members (excludes halogenated alkanes) is 1. The monoisotopic (exact) mass is 233 g/mol. The van der Waals surface area contributed by atoms with Crippen molar-refractivity contribution in [1.29, 1.82) is 0 Å². The Balaban J connectivity index is 2.11. The molecule has 0 N–H and O–H groups in total. The summed E-state index contributed by atoms with van der Waals surface area (Å²) in [5.41, 5.74) is 0. The predicted octanol–water partition coefficient (Wildman–Crippen LogP) is 0.476. The molecule has 88 valence electrons. The molecule has 0 aromatic rings. The van der Waals surface area contributed by atoms with E-state index in [0.717, 1.165) is 19.4 Å². The Hall–Kier alpha value is -0.420. The minimum Gasteiger partial charge on any atom is -0.301 e. The Bertz CT molecular complexity index is 297. The smallest absolute Gasteiger partial charge is 0.152 e. The summed E-state index contributed by atoms with van der Waals surface area (Å²) < 4.78 is 22.3. The normalized spacial score (nSPS) is 21.4. The van der Waals surface area contributed by atoms with Crippen LogP contribution in [0.5, 0.6) is 0 Å². The number of nitrogens with zero attached hydrogens (tertiary/aromatic N) is 1. The molecule has 5 heteroatoms. The molecule has 0 spiro atoms. The maximum Gasteiger partial charge on any atom is 0.152 e. The topological polar surface area (TPSA) is 54.5 Å². The summed E-state index contributed by atoms with van der Waals surface area (Å²) in [7, 11) is -2.76. The second-order valence-electron chi connectivity index (χ2n) is 4.15. The second kappa shape index (κ2) is 5.61. The molecule has 1 rings (SSSR count). The van der Waals surface area contributed by atoms with Crippen LogP contribution in [0.3, 0.4) is 0 Å². The molecule has 1 heterocycles. The number of hydrogen-bond donors (Lipinski definition) is 0. The van der Waals surface area contributed by atoms with Gasteiger partial charge in [-0.1, -0.05) is 0 Å². The van der Waals surface area contributed by atoms with Gasteiger partial charge in [0.15, 0.2) is 9.84 Å². The first-order valence-electron chi connectivity index (χ1n) is 5.42. The lowest BCUT2D eigenvalue weighted by Crippen LogP contribution is -2.40. The van der Waals surface area contributed by atoms with E-state index in [1.165, 1.54) is 0 Å². The fourth-order valence-corrected chi connectivity index (χ4v) is 2.96. The Morgan fingerprint density at radius 3 is 2.33 bits per heavy atom. The largest absolute Gasteiger partial charge is 0.301 e. The van der Waals surface area contributed by atoms with Gasteiger partial charge < -0.3 is 9.69 Å². The summed E-state index contributed by atoms with van der Waals surface area (Å²) in [5.74, 6) is 0.815. The standard InChI is InChI=1S/C10H19NO3S/c1-10(12)4-2-3-5-11-6-8-15(13,14)9-7-11/h2-9H2,1H3. The van der Waals surface area contributed by atoms with Crippen LogP contribution in [0.1, 0.15) is 26.2 Å². The van der Waals surface area contributed by atoms with Crippen LogP contribution >= 0.6 is 0 Å². The first kappa shape index (κ1) is 12.6. The highest BCUT2D eigenvalue weighted by Gasteiger charge is 2.20. The molecular formula is C10H19NO3S. The number of rotatable bonds is 5. The van der Waals surface area contributed by atoms with E-state index in [4.69, 9.17) is 0 Å². The lowest BCUT2D eigenvalue weighted by atomic mass is 10.2. The van der Waals surface area contributed by atoms with Crippen molar-refractivity contribution >= 4 is 15.6 Å². The van der Waals surface area contributed by atoms with Crippen LogP contribution in [0.4, 0.5) is 0 Å². The third-order valence-corrected chi connectivity index (χ3v) is 4.30. The molecule has 1 aliphatic heterocycles. The van der Waals surface area contributed by atoms with Crippen LogP contribution in [0, 0.1) is 0 Å². The zero-order chi connectivity index (χ0) is 11.3. The number of carbonyl (C=O) groups is 1. The molecule has 4 nitrogen and oxygen atoms in total. The Morgan fingerprint density at radius 1 is 1.20 bits per heavy atom. The molecule has 0 amide bonds. The zero-order valence-electron chi connectivity index (χ0n) is 9.24. The molecule has 1 fully saturated rings. The van der Waals surface area contributed by atoms with Gasteiger partial charge in [-0.3, -0.25) is 0 Å². The SMILES string of the molecule is CC(=O)CCCCN1CCS(=O)(=O)CC1. The van der Waals surface area contributed by atoms with Gasteiger partial charge in [-0.2, -0.15) is 0 Å². The second-order valence-corrected chi connectivity index (χ2v) is 6.46. The van der Waals surface area contributed by atoms with Gasteiger partial charge in [-0.15, -0.1) is 0 Å². The summed E-state index contributed by atoms with van der Waals surface area (Å²) in [5, 5.41) is 0. The Morgan fingerprint density at radius 2 is 1.80 bits per heavy atom. The van der Waals surface area contributed by atoms with E-state index in [0.29, 0.717) is 31.0 Å². The van der Waals surface area contributed by atoms with Crippen LogP contribution in [0.2, 0.25) is 0 Å². The quantitative estimate of drug-likeness (QED) is 0.648. The Labute approximate surface area is 91.6 Å². The maximum atomic E-state index is 11.1. The highest BCUT2D eigenvalue weighted by atomic mass is 32.2. The van der Waals surface area contributed by atoms with Gasteiger partial charge in [-0.05, 0) is 26.3 Å². The molecule has 0 saturated carbocycles. The summed E-state index contributed by atoms with van der Waals surface area (Å²) in [4.78, 5) is 12.9. The number of carbonyl (C=O) groups excluding carboxylic acids is 1. The lowest BCUT2D eigenvalue weighted by Gasteiger charge is -2.26. The predicted molar refractivity (Wildman–Crippen MR) is 59.6 cm³/mol. The molecule has 0 radical (unpaired) electrons. The number of hydrogen-bond acceptors (Lipinski definition) is 4. The first-order valence-corrected chi connectivity index (χ1v) is 7.24. The van der Waals surface area contributed by atoms with E-state index >= 15 is 0 Å². The average Bonchev–Trinajstić information content (AvgIpc) is 2.14. The van der Waals surface area contributed by atoms with Gasteiger partial charge in [0.05, 0.1) is 11.5 Å². The fourth-order valence-electron chi connectivity index (χ4n) is 1.68. The van der Waals surface area contributed by atoms with E-state index in [2.05, 4.69) is 4.90 Å². The molecule has 15 heavy (non-hydrogen) atoms. The molecule has 0 aromatic carbocycles. The van der Waals surface area contributed by atoms with Gasteiger partial charge in [-0.25, -0.2) is 8.42 Å². The van der Waals surface area contributed by atoms with Crippen molar-refractivity contribution in [3.8, 4) is 0 Å². The van der Waals surface area contributed by atoms with Gasteiger partial charge in [0.2, 0.25) is 0 Å². The average molecular weight is 233 g/mol. The summed E-state index contributed by atoms with van der Waals surface area (Å²) in [6.07, 6.45) is 2.55. The summed E-state index contributed by atoms with van der Waals surface area (Å²) in [6.45, 7) is 3.83. The fraction of sp³-hybridized carbons (Fsp3) is 0.900. The highest BCUT2D eigenvalue weighted by Crippen LogP contribution is 2.06. The van der Waals surface area contributed by atoms with Crippen LogP contribution in [-0.2, 0) is 14.6 Å². The minimum absolute atomic E-state index is 0.233. The molecule has 0 unspecified atom stereocenters. The molecular weight excluding hydrogens is 214 g/mol. The van der Waals surface area contributed by atoms with Crippen LogP contribution in [0.15, 0.2) is 0 Å². The molecule has 1 aliphatic rings. The molecule has 0 aliphatic carbocycles. The number of Topliss-reactive ketones (excluding diaryl/α,β-unsaturated/α-hetero) is 1. The number of ketones is 1. The maximum absolute atomic E-state index is 11.1. The third kappa shape index (κ3) is 5.28. The molecule has 0 aromatic heterocycles. The van der Waals surface area contributed by atoms with Crippen molar-refractivity contribution in [3.05, 3.63) is 0 Å². The van der Waals surface area contributed by atoms with Crippen molar-refractivity contribution in [3.63, 3.8) is 0 Å². The van der Waals surface area contributed by atoms with Crippen molar-refractivity contribution in [2.75, 3.05) is 31.1 Å². The van der Waals surface area contributed by atoms with Crippen molar-refractivity contribution in [1.82, 2.24) is 4.90 Å². The lowest BCUT2D eigenvalue weighted by molar-refractivity contribution is -0.117. The van der Waals surface area contributed by atoms with E-state index in [1.807, 2.05) is 0 Å². The van der Waals surface area contributed by atoms with Crippen LogP contribution in [0.25, 0.3) is 0 Å². The van der Waals surface area contributed by atoms with Crippen molar-refractivity contribution in [2.45, 2.75) is 26.2 Å². The van der Waals surface area contributed by atoms with Crippen LogP contribution in [-0.4, -0.2) is 50.2 Å². The summed E-state index contributed by atoms with van der Waals surface area (Å²) in [6, 6.07) is 0. The molecule has 1 saturated heterocycles. The van der Waals surface area contributed by atoms with Gasteiger partial charge in [0, 0.05) is 19.5 Å². The zero-order valence-corrected chi connectivity index (χ0v) is 10.1. The van der Waals surface area contributed by atoms with Gasteiger partial charge >= 0.3 is 0 Å². The van der Waals surface area contributed by atoms with E-state index in [-0.39, 0.29) is 5.78 Å². The van der Waals surface area contributed by atoms with Crippen molar-refractivity contribution in [2.24, 2.45) is 0 Å².